The fraction of sp³-hybridized carbons (Fsp3) is 0.118. The standard InChI is InChI=1S/C10H10N6O3.C7H6/c1-19-8(17)6-3-2-4-12-7(6)16-5-13-9(15-11)14-10(16)18;1-2-7-4-3-6(1)5-7/h2-5H,11H2,1H3,(H,14,15,18);1-4H,5H2. The predicted octanol–water partition coefficient (Wildman–Crippen LogP) is 0.907. The molecule has 0 aromatic carbocycles. The molecule has 0 aliphatic heterocycles. The fourth-order valence-corrected chi connectivity index (χ4v) is 2.42. The monoisotopic (exact) mass is 352 g/mol. The van der Waals surface area contributed by atoms with Crippen LogP contribution in [0, 0.1) is 0 Å². The molecule has 9 nitrogen and oxygen atoms in total. The summed E-state index contributed by atoms with van der Waals surface area (Å²) in [7, 11) is 1.24. The summed E-state index contributed by atoms with van der Waals surface area (Å²) in [6.45, 7) is 0. The van der Waals surface area contributed by atoms with Crippen LogP contribution in [0.4, 0.5) is 5.95 Å². The molecular weight excluding hydrogens is 336 g/mol. The number of nitrogens with two attached hydrogens (primary N) is 1. The quantitative estimate of drug-likeness (QED) is 0.474. The third-order valence-corrected chi connectivity index (χ3v) is 3.68. The molecule has 2 bridgehead atoms. The van der Waals surface area contributed by atoms with Gasteiger partial charge >= 0.3 is 11.7 Å². The van der Waals surface area contributed by atoms with E-state index in [1.54, 1.807) is 6.07 Å². The highest BCUT2D eigenvalue weighted by atomic mass is 16.5. The first kappa shape index (κ1) is 17.2. The molecule has 132 valence electrons. The first-order chi connectivity index (χ1) is 12.6. The second kappa shape index (κ2) is 7.53. The lowest BCUT2D eigenvalue weighted by atomic mass is 10.2. The fourth-order valence-electron chi connectivity index (χ4n) is 2.42. The summed E-state index contributed by atoms with van der Waals surface area (Å²) in [5.74, 6) is 4.53. The average Bonchev–Trinajstić information content (AvgIpc) is 3.34. The molecule has 2 heterocycles. The second-order valence-corrected chi connectivity index (χ2v) is 5.34. The average molecular weight is 352 g/mol. The van der Waals surface area contributed by atoms with Gasteiger partial charge in [0.25, 0.3) is 0 Å². The number of carbonyl (C=O) groups is 1. The van der Waals surface area contributed by atoms with E-state index < -0.39 is 11.7 Å². The summed E-state index contributed by atoms with van der Waals surface area (Å²) in [4.78, 5) is 34.7. The maximum atomic E-state index is 11.8. The molecule has 9 heteroatoms. The van der Waals surface area contributed by atoms with Crippen molar-refractivity contribution < 1.29 is 9.53 Å². The Morgan fingerprint density at radius 2 is 2.00 bits per heavy atom. The molecule has 0 fully saturated rings. The number of nitrogens with one attached hydrogen (secondary N) is 1. The lowest BCUT2D eigenvalue weighted by Crippen LogP contribution is -2.27. The number of hydrogen-bond acceptors (Lipinski definition) is 8. The topological polar surface area (TPSA) is 125 Å². The summed E-state index contributed by atoms with van der Waals surface area (Å²) in [6, 6.07) is 3.03. The van der Waals surface area contributed by atoms with Crippen LogP contribution in [-0.2, 0) is 4.74 Å². The van der Waals surface area contributed by atoms with Crippen LogP contribution in [0.5, 0.6) is 0 Å². The van der Waals surface area contributed by atoms with Crippen LogP contribution in [0.3, 0.4) is 0 Å². The highest BCUT2D eigenvalue weighted by Gasteiger charge is 2.15. The SMILES string of the molecule is C1=CC2=CC=C1C2.COC(=O)c1cccnc1-n1cnc(NN)nc1=O. The molecule has 2 aliphatic rings. The van der Waals surface area contributed by atoms with Gasteiger partial charge in [-0.25, -0.2) is 30.0 Å². The van der Waals surface area contributed by atoms with Gasteiger partial charge in [-0.05, 0) is 29.7 Å². The third-order valence-electron chi connectivity index (χ3n) is 3.68. The highest BCUT2D eigenvalue weighted by molar-refractivity contribution is 5.92. The van der Waals surface area contributed by atoms with Gasteiger partial charge in [0, 0.05) is 6.20 Å². The molecule has 0 atom stereocenters. The first-order valence-electron chi connectivity index (χ1n) is 7.66. The number of nitrogens with zero attached hydrogens (tertiary/aromatic N) is 4. The molecule has 3 N–H and O–H groups in total. The Balaban J connectivity index is 0.000000229. The maximum Gasteiger partial charge on any atom is 0.357 e. The highest BCUT2D eigenvalue weighted by Crippen LogP contribution is 2.27. The molecule has 0 radical (unpaired) electrons. The number of pyridine rings is 1. The van der Waals surface area contributed by atoms with Gasteiger partial charge in [-0.1, -0.05) is 24.3 Å². The number of anilines is 1. The van der Waals surface area contributed by atoms with Gasteiger partial charge in [0.05, 0.1) is 7.11 Å². The molecular formula is C17H16N6O3. The number of esters is 1. The number of fused-ring (bicyclic) bond motifs is 2. The second-order valence-electron chi connectivity index (χ2n) is 5.34. The number of hydrogen-bond donors (Lipinski definition) is 2. The van der Waals surface area contributed by atoms with Crippen molar-refractivity contribution in [3.05, 3.63) is 76.2 Å². The zero-order chi connectivity index (χ0) is 18.5. The van der Waals surface area contributed by atoms with E-state index in [4.69, 9.17) is 5.84 Å². The van der Waals surface area contributed by atoms with Crippen molar-refractivity contribution in [2.45, 2.75) is 6.42 Å². The van der Waals surface area contributed by atoms with Crippen molar-refractivity contribution in [1.29, 1.82) is 0 Å². The summed E-state index contributed by atoms with van der Waals surface area (Å²) in [5, 5.41) is 0. The van der Waals surface area contributed by atoms with E-state index in [1.807, 2.05) is 0 Å². The van der Waals surface area contributed by atoms with Gasteiger partial charge in [-0.15, -0.1) is 0 Å². The molecule has 0 saturated heterocycles. The molecule has 0 amide bonds. The third kappa shape index (κ3) is 3.57. The van der Waals surface area contributed by atoms with E-state index in [0.717, 1.165) is 4.57 Å². The van der Waals surface area contributed by atoms with Gasteiger partial charge in [0.2, 0.25) is 5.95 Å². The molecule has 0 saturated carbocycles. The van der Waals surface area contributed by atoms with Crippen LogP contribution >= 0.6 is 0 Å². The van der Waals surface area contributed by atoms with Crippen LogP contribution in [0.1, 0.15) is 16.8 Å². The van der Waals surface area contributed by atoms with Crippen molar-refractivity contribution in [3.63, 3.8) is 0 Å². The predicted molar refractivity (Wildman–Crippen MR) is 94.5 cm³/mol. The number of aromatic nitrogens is 4. The summed E-state index contributed by atoms with van der Waals surface area (Å²) in [6.07, 6.45) is 12.5. The van der Waals surface area contributed by atoms with Crippen LogP contribution in [0.15, 0.2) is 64.9 Å². The van der Waals surface area contributed by atoms with Gasteiger partial charge in [0.15, 0.2) is 5.82 Å². The minimum absolute atomic E-state index is 0.0307. The Labute approximate surface area is 148 Å². The minimum Gasteiger partial charge on any atom is -0.465 e. The van der Waals surface area contributed by atoms with Gasteiger partial charge in [0.1, 0.15) is 11.9 Å². The van der Waals surface area contributed by atoms with Gasteiger partial charge in [-0.2, -0.15) is 4.98 Å². The van der Waals surface area contributed by atoms with E-state index in [2.05, 4.69) is 49.4 Å². The van der Waals surface area contributed by atoms with E-state index in [-0.39, 0.29) is 17.3 Å². The van der Waals surface area contributed by atoms with Gasteiger partial charge < -0.3 is 4.74 Å². The summed E-state index contributed by atoms with van der Waals surface area (Å²) < 4.78 is 5.64. The number of methoxy groups -OCH3 is 1. The molecule has 0 spiro atoms. The molecule has 0 unspecified atom stereocenters. The van der Waals surface area contributed by atoms with Crippen molar-refractivity contribution in [1.82, 2.24) is 19.5 Å². The molecule has 4 rings (SSSR count). The number of hydrazine groups is 1. The smallest absolute Gasteiger partial charge is 0.357 e. The molecule has 26 heavy (non-hydrogen) atoms. The number of ether oxygens (including phenoxy) is 1. The Morgan fingerprint density at radius 1 is 1.27 bits per heavy atom. The van der Waals surface area contributed by atoms with Crippen molar-refractivity contribution >= 4 is 11.9 Å². The van der Waals surface area contributed by atoms with Crippen LogP contribution in [0.25, 0.3) is 5.82 Å². The largest absolute Gasteiger partial charge is 0.465 e. The Morgan fingerprint density at radius 3 is 2.50 bits per heavy atom. The van der Waals surface area contributed by atoms with E-state index >= 15 is 0 Å². The Kier molecular flexibility index (Phi) is 4.99. The zero-order valence-corrected chi connectivity index (χ0v) is 13.9. The van der Waals surface area contributed by atoms with Crippen molar-refractivity contribution in [3.8, 4) is 5.82 Å². The Bertz CT molecular complexity index is 970. The zero-order valence-electron chi connectivity index (χ0n) is 13.9. The summed E-state index contributed by atoms with van der Waals surface area (Å²) >= 11 is 0. The van der Waals surface area contributed by atoms with Crippen molar-refractivity contribution in [2.75, 3.05) is 12.5 Å². The number of nitrogen functional groups attached to an aromatic ring is 1. The normalized spacial score (nSPS) is 13.5. The Hall–Kier alpha value is -3.59. The first-order valence-corrected chi connectivity index (χ1v) is 7.66. The number of rotatable bonds is 3. The lowest BCUT2D eigenvalue weighted by Gasteiger charge is -2.08. The van der Waals surface area contributed by atoms with Crippen LogP contribution in [0.2, 0.25) is 0 Å². The lowest BCUT2D eigenvalue weighted by molar-refractivity contribution is 0.0600. The van der Waals surface area contributed by atoms with E-state index in [1.165, 1.54) is 43.3 Å². The number of allylic oxidation sites excluding steroid dienone is 6. The van der Waals surface area contributed by atoms with Crippen LogP contribution < -0.4 is 17.0 Å². The van der Waals surface area contributed by atoms with Crippen molar-refractivity contribution in [2.24, 2.45) is 5.84 Å². The number of carbonyl (C=O) groups excluding carboxylic acids is 1. The van der Waals surface area contributed by atoms with Gasteiger partial charge in [-0.3, -0.25) is 5.43 Å². The van der Waals surface area contributed by atoms with E-state index in [9.17, 15) is 9.59 Å². The molecule has 2 aliphatic carbocycles. The molecule has 2 aromatic heterocycles. The maximum absolute atomic E-state index is 11.8. The van der Waals surface area contributed by atoms with Crippen LogP contribution in [-0.4, -0.2) is 32.6 Å². The summed E-state index contributed by atoms with van der Waals surface area (Å²) in [5.41, 5.74) is 4.54. The van der Waals surface area contributed by atoms with E-state index in [0.29, 0.717) is 0 Å². The minimum atomic E-state index is -0.674. The molecule has 2 aromatic rings.